The molecule has 1 aliphatic rings. The number of nitrogens with two attached hydrogens (primary N) is 1. The standard InChI is InChI=1S/C12H15F3N2O2S.ClH/c13-12(14,15)9-3-5-10(6-4-9)20(18,19)17-11(7-16)8-1-2-8;/h3-6,8,11,17H,1-2,7,16H2;1H. The van der Waals surface area contributed by atoms with Gasteiger partial charge in [0.2, 0.25) is 10.0 Å². The molecule has 0 radical (unpaired) electrons. The highest BCUT2D eigenvalue weighted by Crippen LogP contribution is 2.33. The van der Waals surface area contributed by atoms with Gasteiger partial charge in [0.25, 0.3) is 0 Å². The highest BCUT2D eigenvalue weighted by molar-refractivity contribution is 7.89. The summed E-state index contributed by atoms with van der Waals surface area (Å²) in [5.41, 5.74) is 4.62. The lowest BCUT2D eigenvalue weighted by atomic mass is 10.2. The minimum Gasteiger partial charge on any atom is -0.329 e. The first-order valence-electron chi connectivity index (χ1n) is 6.13. The SMILES string of the molecule is Cl.NCC(NS(=O)(=O)c1ccc(C(F)(F)F)cc1)C1CC1. The summed E-state index contributed by atoms with van der Waals surface area (Å²) in [6.45, 7) is 0.171. The minimum absolute atomic E-state index is 0. The Bertz CT molecular complexity index is 571. The van der Waals surface area contributed by atoms with Gasteiger partial charge in [-0.1, -0.05) is 0 Å². The van der Waals surface area contributed by atoms with Crippen LogP contribution >= 0.6 is 12.4 Å². The molecule has 2 rings (SSSR count). The lowest BCUT2D eigenvalue weighted by Gasteiger charge is -2.16. The Hall–Kier alpha value is -0.830. The van der Waals surface area contributed by atoms with Gasteiger partial charge in [0.15, 0.2) is 0 Å². The third-order valence-corrected chi connectivity index (χ3v) is 4.75. The first kappa shape index (κ1) is 18.2. The smallest absolute Gasteiger partial charge is 0.329 e. The third kappa shape index (κ3) is 4.57. The summed E-state index contributed by atoms with van der Waals surface area (Å²) in [6, 6.07) is 3.05. The van der Waals surface area contributed by atoms with Gasteiger partial charge in [0.05, 0.1) is 10.5 Å². The summed E-state index contributed by atoms with van der Waals surface area (Å²) in [6.07, 6.45) is -2.65. The largest absolute Gasteiger partial charge is 0.416 e. The zero-order chi connectivity index (χ0) is 15.0. The van der Waals surface area contributed by atoms with E-state index in [9.17, 15) is 21.6 Å². The monoisotopic (exact) mass is 344 g/mol. The van der Waals surface area contributed by atoms with Crippen molar-refractivity contribution in [2.24, 2.45) is 11.7 Å². The van der Waals surface area contributed by atoms with Crippen LogP contribution in [0.5, 0.6) is 0 Å². The number of rotatable bonds is 5. The van der Waals surface area contributed by atoms with Crippen LogP contribution in [0.15, 0.2) is 29.2 Å². The van der Waals surface area contributed by atoms with E-state index in [1.807, 2.05) is 0 Å². The van der Waals surface area contributed by atoms with Crippen LogP contribution in [-0.4, -0.2) is 21.0 Å². The van der Waals surface area contributed by atoms with Crippen LogP contribution in [0.4, 0.5) is 13.2 Å². The highest BCUT2D eigenvalue weighted by atomic mass is 35.5. The maximum absolute atomic E-state index is 12.4. The van der Waals surface area contributed by atoms with E-state index in [1.54, 1.807) is 0 Å². The molecule has 0 aliphatic heterocycles. The lowest BCUT2D eigenvalue weighted by Crippen LogP contribution is -2.41. The Kier molecular flexibility index (Phi) is 5.65. The number of sulfonamides is 1. The molecule has 3 N–H and O–H groups in total. The Morgan fingerprint density at radius 2 is 1.76 bits per heavy atom. The Morgan fingerprint density at radius 1 is 1.24 bits per heavy atom. The summed E-state index contributed by atoms with van der Waals surface area (Å²) >= 11 is 0. The van der Waals surface area contributed by atoms with Crippen LogP contribution < -0.4 is 10.5 Å². The summed E-state index contributed by atoms with van der Waals surface area (Å²) in [5.74, 6) is 0.226. The van der Waals surface area contributed by atoms with Gasteiger partial charge in [0.1, 0.15) is 0 Å². The molecule has 0 heterocycles. The maximum atomic E-state index is 12.4. The average molecular weight is 345 g/mol. The minimum atomic E-state index is -4.48. The number of hydrogen-bond acceptors (Lipinski definition) is 3. The van der Waals surface area contributed by atoms with Gasteiger partial charge in [0, 0.05) is 12.6 Å². The molecule has 1 fully saturated rings. The molecular weight excluding hydrogens is 329 g/mol. The zero-order valence-electron chi connectivity index (χ0n) is 10.9. The summed E-state index contributed by atoms with van der Waals surface area (Å²) in [7, 11) is -3.84. The fraction of sp³-hybridized carbons (Fsp3) is 0.500. The average Bonchev–Trinajstić information content (AvgIpc) is 3.19. The molecule has 0 bridgehead atoms. The number of alkyl halides is 3. The Balaban J connectivity index is 0.00000220. The third-order valence-electron chi connectivity index (χ3n) is 3.24. The van der Waals surface area contributed by atoms with E-state index in [4.69, 9.17) is 5.73 Å². The van der Waals surface area contributed by atoms with Crippen LogP contribution in [0.25, 0.3) is 0 Å². The normalized spacial score (nSPS) is 17.1. The van der Waals surface area contributed by atoms with Crippen LogP contribution in [0.2, 0.25) is 0 Å². The van der Waals surface area contributed by atoms with E-state index < -0.39 is 21.8 Å². The van der Waals surface area contributed by atoms with Gasteiger partial charge >= 0.3 is 6.18 Å². The number of halogens is 4. The summed E-state index contributed by atoms with van der Waals surface area (Å²) in [4.78, 5) is -0.190. The second-order valence-electron chi connectivity index (χ2n) is 4.82. The van der Waals surface area contributed by atoms with Crippen molar-refractivity contribution in [1.82, 2.24) is 4.72 Å². The van der Waals surface area contributed by atoms with Crippen molar-refractivity contribution in [3.05, 3.63) is 29.8 Å². The Morgan fingerprint density at radius 3 is 2.14 bits per heavy atom. The maximum Gasteiger partial charge on any atom is 0.416 e. The predicted octanol–water partition coefficient (Wildman–Crippen LogP) is 2.14. The van der Waals surface area contributed by atoms with E-state index in [0.717, 1.165) is 37.1 Å². The predicted molar refractivity (Wildman–Crippen MR) is 74.6 cm³/mol. The number of benzene rings is 1. The van der Waals surface area contributed by atoms with Crippen LogP contribution in [-0.2, 0) is 16.2 Å². The van der Waals surface area contributed by atoms with Gasteiger partial charge in [-0.25, -0.2) is 13.1 Å². The highest BCUT2D eigenvalue weighted by Gasteiger charge is 2.34. The zero-order valence-corrected chi connectivity index (χ0v) is 12.6. The fourth-order valence-electron chi connectivity index (χ4n) is 1.93. The molecule has 1 atom stereocenters. The van der Waals surface area contributed by atoms with E-state index >= 15 is 0 Å². The van der Waals surface area contributed by atoms with Crippen molar-refractivity contribution >= 4 is 22.4 Å². The van der Waals surface area contributed by atoms with Gasteiger partial charge in [-0.2, -0.15) is 13.2 Å². The molecule has 1 aromatic rings. The molecule has 1 aromatic carbocycles. The number of nitrogens with one attached hydrogen (secondary N) is 1. The second kappa shape index (κ2) is 6.51. The molecule has 120 valence electrons. The molecule has 9 heteroatoms. The van der Waals surface area contributed by atoms with Gasteiger partial charge < -0.3 is 5.73 Å². The molecule has 1 aliphatic carbocycles. The van der Waals surface area contributed by atoms with Gasteiger partial charge in [-0.05, 0) is 43.0 Å². The Labute approximate surface area is 127 Å². The van der Waals surface area contributed by atoms with Crippen molar-refractivity contribution in [2.75, 3.05) is 6.54 Å². The molecule has 1 saturated carbocycles. The van der Waals surface area contributed by atoms with E-state index in [2.05, 4.69) is 4.72 Å². The molecule has 0 aromatic heterocycles. The molecule has 1 unspecified atom stereocenters. The van der Waals surface area contributed by atoms with E-state index in [1.165, 1.54) is 0 Å². The molecule has 0 saturated heterocycles. The molecular formula is C12H16ClF3N2O2S. The van der Waals surface area contributed by atoms with Crippen molar-refractivity contribution in [3.63, 3.8) is 0 Å². The molecule has 0 spiro atoms. The van der Waals surface area contributed by atoms with E-state index in [0.29, 0.717) is 0 Å². The quantitative estimate of drug-likeness (QED) is 0.859. The topological polar surface area (TPSA) is 72.2 Å². The van der Waals surface area contributed by atoms with Gasteiger partial charge in [-0.3, -0.25) is 0 Å². The first-order valence-corrected chi connectivity index (χ1v) is 7.62. The summed E-state index contributed by atoms with van der Waals surface area (Å²) < 4.78 is 63.8. The fourth-order valence-corrected chi connectivity index (χ4v) is 3.24. The number of hydrogen-bond donors (Lipinski definition) is 2. The first-order chi connectivity index (χ1) is 9.24. The van der Waals surface area contributed by atoms with Crippen LogP contribution in [0, 0.1) is 5.92 Å². The second-order valence-corrected chi connectivity index (χ2v) is 6.54. The van der Waals surface area contributed by atoms with Crippen molar-refractivity contribution in [3.8, 4) is 0 Å². The van der Waals surface area contributed by atoms with Gasteiger partial charge in [-0.15, -0.1) is 12.4 Å². The lowest BCUT2D eigenvalue weighted by molar-refractivity contribution is -0.137. The van der Waals surface area contributed by atoms with Crippen LogP contribution in [0.1, 0.15) is 18.4 Å². The van der Waals surface area contributed by atoms with Crippen molar-refractivity contribution in [1.29, 1.82) is 0 Å². The van der Waals surface area contributed by atoms with Crippen molar-refractivity contribution < 1.29 is 21.6 Å². The summed E-state index contributed by atoms with van der Waals surface area (Å²) in [5, 5.41) is 0. The van der Waals surface area contributed by atoms with Crippen molar-refractivity contribution in [2.45, 2.75) is 30.0 Å². The van der Waals surface area contributed by atoms with E-state index in [-0.39, 0.29) is 35.8 Å². The molecule has 0 amide bonds. The molecule has 4 nitrogen and oxygen atoms in total. The van der Waals surface area contributed by atoms with Crippen LogP contribution in [0.3, 0.4) is 0 Å². The molecule has 21 heavy (non-hydrogen) atoms.